The summed E-state index contributed by atoms with van der Waals surface area (Å²) in [7, 11) is 3.30. The van der Waals surface area contributed by atoms with Gasteiger partial charge in [-0.2, -0.15) is 0 Å². The SMILES string of the molecule is CC(O)CC(C)O.COc1c[c-]c(-c2nc3ccccc3nc2-c2ccc(OC)cc2)cc1.[Ir]. The standard InChI is InChI=1S/C22H17N2O2.C5H12O2.Ir/c1-25-17-11-7-15(8-12-17)21-22(16-9-13-18(26-2)14-10-16)24-20-6-4-3-5-19(20)23-21;1-4(6)3-5(2)7;/h3-9,11-14H,1-2H3;4-7H,3H2,1-2H3;/q-1;;. The van der Waals surface area contributed by atoms with Crippen LogP contribution in [0.2, 0.25) is 0 Å². The van der Waals surface area contributed by atoms with E-state index in [0.29, 0.717) is 6.42 Å². The number of ether oxygens (including phenoxy) is 2. The van der Waals surface area contributed by atoms with Crippen molar-refractivity contribution in [2.45, 2.75) is 32.5 Å². The molecule has 2 unspecified atom stereocenters. The van der Waals surface area contributed by atoms with Crippen molar-refractivity contribution < 1.29 is 39.8 Å². The van der Waals surface area contributed by atoms with E-state index in [2.05, 4.69) is 6.07 Å². The molecule has 2 N–H and O–H groups in total. The Labute approximate surface area is 214 Å². The second-order valence-electron chi connectivity index (χ2n) is 7.71. The van der Waals surface area contributed by atoms with Gasteiger partial charge < -0.3 is 19.7 Å². The smallest absolute Gasteiger partial charge is 0.118 e. The maximum absolute atomic E-state index is 8.56. The van der Waals surface area contributed by atoms with Crippen LogP contribution < -0.4 is 9.47 Å². The second-order valence-corrected chi connectivity index (χ2v) is 7.71. The Bertz CT molecular complexity index is 1070. The monoisotopic (exact) mass is 638 g/mol. The van der Waals surface area contributed by atoms with Gasteiger partial charge in [-0.05, 0) is 62.2 Å². The van der Waals surface area contributed by atoms with Crippen LogP contribution >= 0.6 is 0 Å². The number of nitrogens with zero attached hydrogens (tertiary/aromatic N) is 2. The molecule has 0 aliphatic heterocycles. The number of rotatable bonds is 6. The van der Waals surface area contributed by atoms with Crippen molar-refractivity contribution in [3.8, 4) is 34.0 Å². The number of hydrogen-bond acceptors (Lipinski definition) is 6. The van der Waals surface area contributed by atoms with Crippen LogP contribution in [0.1, 0.15) is 20.3 Å². The summed E-state index contributed by atoms with van der Waals surface area (Å²) in [6, 6.07) is 24.6. The average molecular weight is 638 g/mol. The van der Waals surface area contributed by atoms with E-state index in [4.69, 9.17) is 29.7 Å². The van der Waals surface area contributed by atoms with Gasteiger partial charge in [-0.15, -0.1) is 29.8 Å². The molecule has 0 amide bonds. The van der Waals surface area contributed by atoms with Crippen LogP contribution in [-0.4, -0.2) is 46.6 Å². The van der Waals surface area contributed by atoms with Gasteiger partial charge in [0.05, 0.1) is 43.2 Å². The number of aliphatic hydroxyl groups is 2. The first kappa shape index (κ1) is 27.4. The van der Waals surface area contributed by atoms with Crippen LogP contribution in [-0.2, 0) is 20.1 Å². The first-order valence-electron chi connectivity index (χ1n) is 10.7. The molecule has 3 aromatic carbocycles. The number of benzene rings is 3. The molecule has 7 heteroatoms. The summed E-state index contributed by atoms with van der Waals surface area (Å²) in [5.41, 5.74) is 5.15. The zero-order valence-electron chi connectivity index (χ0n) is 19.7. The third kappa shape index (κ3) is 7.34. The number of fused-ring (bicyclic) bond motifs is 1. The van der Waals surface area contributed by atoms with Crippen LogP contribution in [0.4, 0.5) is 0 Å². The topological polar surface area (TPSA) is 84.7 Å². The Kier molecular flexibility index (Phi) is 10.6. The Balaban J connectivity index is 0.000000449. The minimum Gasteiger partial charge on any atom is -0.540 e. The Morgan fingerprint density at radius 3 is 1.74 bits per heavy atom. The van der Waals surface area contributed by atoms with E-state index in [1.54, 1.807) is 28.1 Å². The summed E-state index contributed by atoms with van der Waals surface area (Å²) in [5.74, 6) is 1.56. The molecule has 0 aliphatic rings. The van der Waals surface area contributed by atoms with Gasteiger partial charge in [-0.3, -0.25) is 9.97 Å². The summed E-state index contributed by atoms with van der Waals surface area (Å²) in [5, 5.41) is 17.1. The largest absolute Gasteiger partial charge is 0.540 e. The summed E-state index contributed by atoms with van der Waals surface area (Å²) in [4.78, 5) is 9.72. The van der Waals surface area contributed by atoms with E-state index in [1.807, 2.05) is 66.7 Å². The van der Waals surface area contributed by atoms with Crippen molar-refractivity contribution >= 4 is 11.0 Å². The molecule has 4 rings (SSSR count). The molecule has 0 aliphatic carbocycles. The Morgan fingerprint density at radius 2 is 1.29 bits per heavy atom. The molecule has 6 nitrogen and oxygen atoms in total. The number of aromatic nitrogens is 2. The minimum absolute atomic E-state index is 0. The van der Waals surface area contributed by atoms with Crippen molar-refractivity contribution in [3.05, 3.63) is 72.8 Å². The fourth-order valence-electron chi connectivity index (χ4n) is 3.32. The predicted octanol–water partition coefficient (Wildman–Crippen LogP) is 4.92. The molecule has 4 aromatic rings. The van der Waals surface area contributed by atoms with Gasteiger partial charge >= 0.3 is 0 Å². The van der Waals surface area contributed by atoms with Crippen LogP contribution in [0.15, 0.2) is 66.7 Å². The van der Waals surface area contributed by atoms with Crippen LogP contribution in [0.3, 0.4) is 0 Å². The first-order chi connectivity index (χ1) is 15.9. The molecule has 0 fully saturated rings. The summed E-state index contributed by atoms with van der Waals surface area (Å²) < 4.78 is 10.5. The van der Waals surface area contributed by atoms with E-state index < -0.39 is 0 Å². The minimum atomic E-state index is -0.375. The first-order valence-corrected chi connectivity index (χ1v) is 10.7. The van der Waals surface area contributed by atoms with Gasteiger partial charge in [0.25, 0.3) is 0 Å². The van der Waals surface area contributed by atoms with Gasteiger partial charge in [0.15, 0.2) is 0 Å². The predicted molar refractivity (Wildman–Crippen MR) is 130 cm³/mol. The second kappa shape index (κ2) is 13.2. The molecular weight excluding hydrogens is 609 g/mol. The van der Waals surface area contributed by atoms with E-state index in [0.717, 1.165) is 45.0 Å². The molecule has 0 spiro atoms. The molecule has 0 bridgehead atoms. The number of para-hydroxylation sites is 2. The van der Waals surface area contributed by atoms with Crippen molar-refractivity contribution in [3.63, 3.8) is 0 Å². The van der Waals surface area contributed by atoms with Crippen LogP contribution in [0, 0.1) is 6.07 Å². The summed E-state index contributed by atoms with van der Waals surface area (Å²) in [6.45, 7) is 3.32. The Morgan fingerprint density at radius 1 is 0.765 bits per heavy atom. The Hall–Kier alpha value is -2.83. The molecule has 2 atom stereocenters. The maximum Gasteiger partial charge on any atom is 0.118 e. The van der Waals surface area contributed by atoms with Crippen LogP contribution in [0.5, 0.6) is 11.5 Å². The molecular formula is C27H29IrN2O4-. The quantitative estimate of drug-likeness (QED) is 0.292. The van der Waals surface area contributed by atoms with E-state index in [9.17, 15) is 0 Å². The van der Waals surface area contributed by atoms with E-state index in [1.165, 1.54) is 0 Å². The van der Waals surface area contributed by atoms with E-state index in [-0.39, 0.29) is 32.3 Å². The van der Waals surface area contributed by atoms with Gasteiger partial charge in [0.1, 0.15) is 5.75 Å². The molecule has 0 saturated carbocycles. The number of hydrogen-bond donors (Lipinski definition) is 2. The fourth-order valence-corrected chi connectivity index (χ4v) is 3.32. The molecule has 181 valence electrons. The summed E-state index contributed by atoms with van der Waals surface area (Å²) >= 11 is 0. The van der Waals surface area contributed by atoms with Crippen LogP contribution in [0.25, 0.3) is 33.5 Å². The van der Waals surface area contributed by atoms with Gasteiger partial charge in [-0.25, -0.2) is 0 Å². The zero-order valence-corrected chi connectivity index (χ0v) is 22.0. The van der Waals surface area contributed by atoms with Crippen molar-refractivity contribution in [1.29, 1.82) is 0 Å². The summed E-state index contributed by atoms with van der Waals surface area (Å²) in [6.07, 6.45) is -0.278. The van der Waals surface area contributed by atoms with Gasteiger partial charge in [0.2, 0.25) is 0 Å². The zero-order chi connectivity index (χ0) is 23.8. The fraction of sp³-hybridized carbons (Fsp3) is 0.259. The van der Waals surface area contributed by atoms with E-state index >= 15 is 0 Å². The van der Waals surface area contributed by atoms with Crippen molar-refractivity contribution in [1.82, 2.24) is 9.97 Å². The maximum atomic E-state index is 8.56. The third-order valence-corrected chi connectivity index (χ3v) is 4.89. The molecule has 1 aromatic heterocycles. The molecule has 0 saturated heterocycles. The third-order valence-electron chi connectivity index (χ3n) is 4.89. The molecule has 1 heterocycles. The van der Waals surface area contributed by atoms with Gasteiger partial charge in [0, 0.05) is 31.5 Å². The molecule has 1 radical (unpaired) electrons. The normalized spacial score (nSPS) is 12.1. The average Bonchev–Trinajstić information content (AvgIpc) is 2.83. The van der Waals surface area contributed by atoms with Crippen molar-refractivity contribution in [2.75, 3.05) is 14.2 Å². The number of methoxy groups -OCH3 is 2. The molecule has 34 heavy (non-hydrogen) atoms. The van der Waals surface area contributed by atoms with Gasteiger partial charge in [-0.1, -0.05) is 12.1 Å². The van der Waals surface area contributed by atoms with Crippen molar-refractivity contribution in [2.24, 2.45) is 0 Å². The number of aliphatic hydroxyl groups excluding tert-OH is 2.